The first-order chi connectivity index (χ1) is 6.52. The van der Waals surface area contributed by atoms with E-state index in [0.29, 0.717) is 13.0 Å². The molecule has 0 aromatic carbocycles. The minimum atomic E-state index is -0.416. The highest BCUT2D eigenvalue weighted by atomic mass is 35.5. The maximum absolute atomic E-state index is 10.9. The van der Waals surface area contributed by atoms with Crippen LogP contribution in [0, 0.1) is 0 Å². The van der Waals surface area contributed by atoms with Crippen LogP contribution in [0.5, 0.6) is 0 Å². The normalized spacial score (nSPS) is 9.29. The quantitative estimate of drug-likeness (QED) is 0.480. The summed E-state index contributed by atoms with van der Waals surface area (Å²) in [7, 11) is 0. The molecule has 0 heterocycles. The number of hydrogen-bond donors (Lipinski definition) is 2. The molecule has 0 radical (unpaired) electrons. The van der Waals surface area contributed by atoms with Gasteiger partial charge in [-0.3, -0.25) is 14.4 Å². The van der Waals surface area contributed by atoms with Gasteiger partial charge < -0.3 is 10.6 Å². The lowest BCUT2D eigenvalue weighted by atomic mass is 10.3. The van der Waals surface area contributed by atoms with Gasteiger partial charge in [0.25, 0.3) is 0 Å². The Morgan fingerprint density at radius 3 is 2.36 bits per heavy atom. The fraction of sp³-hybridized carbons (Fsp3) is 0.625. The van der Waals surface area contributed by atoms with E-state index in [0.717, 1.165) is 0 Å². The molecule has 0 atom stereocenters. The van der Waals surface area contributed by atoms with E-state index in [1.165, 1.54) is 6.92 Å². The summed E-state index contributed by atoms with van der Waals surface area (Å²) in [5.74, 6) is -0.529. The minimum absolute atomic E-state index is 0.0375. The van der Waals surface area contributed by atoms with Crippen LogP contribution in [0.25, 0.3) is 0 Å². The van der Waals surface area contributed by atoms with Gasteiger partial charge in [0, 0.05) is 19.9 Å². The van der Waals surface area contributed by atoms with Crippen LogP contribution in [-0.2, 0) is 14.4 Å². The first-order valence-corrected chi connectivity index (χ1v) is 4.59. The van der Waals surface area contributed by atoms with Crippen LogP contribution in [-0.4, -0.2) is 30.1 Å². The Morgan fingerprint density at radius 1 is 1.21 bits per heavy atom. The number of halogens is 1. The lowest BCUT2D eigenvalue weighted by Crippen LogP contribution is -2.36. The van der Waals surface area contributed by atoms with Crippen molar-refractivity contribution in [3.05, 3.63) is 0 Å². The zero-order valence-corrected chi connectivity index (χ0v) is 8.69. The third-order valence-corrected chi connectivity index (χ3v) is 1.56. The largest absolute Gasteiger partial charge is 0.355 e. The third-order valence-electron chi connectivity index (χ3n) is 1.37. The number of carbonyl (C=O) groups excluding carboxylic acids is 3. The zero-order chi connectivity index (χ0) is 11.0. The minimum Gasteiger partial charge on any atom is -0.355 e. The molecule has 5 nitrogen and oxygen atoms in total. The van der Waals surface area contributed by atoms with Crippen molar-refractivity contribution in [3.63, 3.8) is 0 Å². The van der Waals surface area contributed by atoms with E-state index in [4.69, 9.17) is 11.6 Å². The number of rotatable bonds is 6. The summed E-state index contributed by atoms with van der Waals surface area (Å²) in [5, 5.41) is 4.46. The lowest BCUT2D eigenvalue weighted by Gasteiger charge is -2.03. The van der Waals surface area contributed by atoms with Crippen LogP contribution in [0.1, 0.15) is 19.8 Å². The van der Waals surface area contributed by atoms with Gasteiger partial charge >= 0.3 is 0 Å². The smallest absolute Gasteiger partial charge is 0.239 e. The molecule has 0 aliphatic heterocycles. The monoisotopic (exact) mass is 220 g/mol. The Morgan fingerprint density at radius 2 is 1.86 bits per heavy atom. The van der Waals surface area contributed by atoms with E-state index in [1.54, 1.807) is 0 Å². The van der Waals surface area contributed by atoms with Crippen molar-refractivity contribution in [2.75, 3.05) is 13.1 Å². The molecule has 0 spiro atoms. The molecule has 0 aliphatic rings. The van der Waals surface area contributed by atoms with Crippen LogP contribution >= 0.6 is 11.6 Å². The fourth-order valence-electron chi connectivity index (χ4n) is 0.722. The van der Waals surface area contributed by atoms with E-state index in [9.17, 15) is 14.4 Å². The predicted octanol–water partition coefficient (Wildman–Crippen LogP) is -0.216. The van der Waals surface area contributed by atoms with Gasteiger partial charge in [0.1, 0.15) is 0 Å². The molecule has 0 bridgehead atoms. The van der Waals surface area contributed by atoms with E-state index >= 15 is 0 Å². The number of hydrogen-bond acceptors (Lipinski definition) is 3. The molecule has 0 aromatic heterocycles. The maximum atomic E-state index is 10.9. The van der Waals surface area contributed by atoms with Gasteiger partial charge in [-0.1, -0.05) is 0 Å². The van der Waals surface area contributed by atoms with Crippen molar-refractivity contribution < 1.29 is 14.4 Å². The molecule has 80 valence electrons. The second-order valence-corrected chi connectivity index (χ2v) is 3.14. The summed E-state index contributed by atoms with van der Waals surface area (Å²) in [5.41, 5.74) is 0. The van der Waals surface area contributed by atoms with Crippen molar-refractivity contribution in [1.82, 2.24) is 10.6 Å². The number of amides is 2. The molecule has 0 rings (SSSR count). The first-order valence-electron chi connectivity index (χ1n) is 4.22. The highest BCUT2D eigenvalue weighted by Crippen LogP contribution is 1.92. The topological polar surface area (TPSA) is 75.3 Å². The summed E-state index contributed by atoms with van der Waals surface area (Å²) >= 11 is 5.09. The SMILES string of the molecule is CC(=O)NCC(=O)NCCCC(=O)Cl. The molecule has 14 heavy (non-hydrogen) atoms. The molecular weight excluding hydrogens is 208 g/mol. The Bertz CT molecular complexity index is 231. The lowest BCUT2D eigenvalue weighted by molar-refractivity contribution is -0.125. The van der Waals surface area contributed by atoms with Gasteiger partial charge in [-0.2, -0.15) is 0 Å². The maximum Gasteiger partial charge on any atom is 0.239 e. The zero-order valence-electron chi connectivity index (χ0n) is 7.93. The first kappa shape index (κ1) is 12.9. The van der Waals surface area contributed by atoms with Crippen LogP contribution in [0.15, 0.2) is 0 Å². The van der Waals surface area contributed by atoms with Gasteiger partial charge in [-0.15, -0.1) is 0 Å². The van der Waals surface area contributed by atoms with Crippen LogP contribution in [0.4, 0.5) is 0 Å². The molecule has 0 aliphatic carbocycles. The molecule has 0 saturated carbocycles. The van der Waals surface area contributed by atoms with E-state index in [1.807, 2.05) is 0 Å². The highest BCUT2D eigenvalue weighted by Gasteiger charge is 2.01. The summed E-state index contributed by atoms with van der Waals surface area (Å²) in [6, 6.07) is 0. The van der Waals surface area contributed by atoms with Crippen molar-refractivity contribution in [3.8, 4) is 0 Å². The van der Waals surface area contributed by atoms with Gasteiger partial charge in [0.15, 0.2) is 0 Å². The molecule has 6 heteroatoms. The van der Waals surface area contributed by atoms with E-state index < -0.39 is 5.24 Å². The fourth-order valence-corrected chi connectivity index (χ4v) is 0.856. The third kappa shape index (κ3) is 8.99. The van der Waals surface area contributed by atoms with Crippen LogP contribution in [0.2, 0.25) is 0 Å². The Hall–Kier alpha value is -1.10. The Labute approximate surface area is 87.2 Å². The molecule has 0 saturated heterocycles. The summed E-state index contributed by atoms with van der Waals surface area (Å²) in [6.45, 7) is 1.68. The van der Waals surface area contributed by atoms with Gasteiger partial charge in [-0.05, 0) is 18.0 Å². The van der Waals surface area contributed by atoms with Crippen molar-refractivity contribution in [2.45, 2.75) is 19.8 Å². The predicted molar refractivity (Wildman–Crippen MR) is 51.8 cm³/mol. The standard InChI is InChI=1S/C8H13ClN2O3/c1-6(12)11-5-8(14)10-4-2-3-7(9)13/h2-5H2,1H3,(H,10,14)(H,11,12). The van der Waals surface area contributed by atoms with E-state index in [-0.39, 0.29) is 24.8 Å². The van der Waals surface area contributed by atoms with Crippen LogP contribution in [0.3, 0.4) is 0 Å². The Balaban J connectivity index is 3.36. The Kier molecular flexibility index (Phi) is 6.74. The van der Waals surface area contributed by atoms with Crippen molar-refractivity contribution in [1.29, 1.82) is 0 Å². The van der Waals surface area contributed by atoms with Crippen molar-refractivity contribution in [2.24, 2.45) is 0 Å². The average Bonchev–Trinajstić information content (AvgIpc) is 2.08. The van der Waals surface area contributed by atoms with Crippen molar-refractivity contribution >= 4 is 28.7 Å². The molecule has 0 unspecified atom stereocenters. The number of carbonyl (C=O) groups is 3. The van der Waals surface area contributed by atoms with E-state index in [2.05, 4.69) is 10.6 Å². The molecule has 2 N–H and O–H groups in total. The average molecular weight is 221 g/mol. The molecule has 0 aromatic rings. The highest BCUT2D eigenvalue weighted by molar-refractivity contribution is 6.63. The molecule has 2 amide bonds. The second kappa shape index (κ2) is 7.32. The summed E-state index contributed by atoms with van der Waals surface area (Å²) in [4.78, 5) is 31.7. The summed E-state index contributed by atoms with van der Waals surface area (Å²) < 4.78 is 0. The second-order valence-electron chi connectivity index (χ2n) is 2.72. The van der Waals surface area contributed by atoms with Gasteiger partial charge in [0.2, 0.25) is 17.1 Å². The van der Waals surface area contributed by atoms with Gasteiger partial charge in [-0.25, -0.2) is 0 Å². The summed E-state index contributed by atoms with van der Waals surface area (Å²) in [6.07, 6.45) is 0.746. The van der Waals surface area contributed by atoms with Crippen LogP contribution < -0.4 is 10.6 Å². The molecule has 0 fully saturated rings. The molecular formula is C8H13ClN2O3. The number of nitrogens with one attached hydrogen (secondary N) is 2. The van der Waals surface area contributed by atoms with Gasteiger partial charge in [0.05, 0.1) is 6.54 Å².